The van der Waals surface area contributed by atoms with Gasteiger partial charge in [0.15, 0.2) is 5.76 Å². The number of rotatable bonds is 2. The first-order valence-corrected chi connectivity index (χ1v) is 3.32. The summed E-state index contributed by atoms with van der Waals surface area (Å²) in [6.07, 6.45) is 1.42. The summed E-state index contributed by atoms with van der Waals surface area (Å²) >= 11 is 3.11. The number of nitro groups is 1. The molecule has 5 heteroatoms. The largest absolute Gasteiger partial charge is 0.461 e. The Morgan fingerprint density at radius 2 is 2.50 bits per heavy atom. The van der Waals surface area contributed by atoms with E-state index in [1.54, 1.807) is 6.07 Å². The van der Waals surface area contributed by atoms with Crippen LogP contribution in [0.3, 0.4) is 0 Å². The third-order valence-electron chi connectivity index (χ3n) is 0.907. The molecule has 1 heterocycles. The van der Waals surface area contributed by atoms with Crippen LogP contribution in [0.5, 0.6) is 0 Å². The first-order chi connectivity index (χ1) is 4.68. The van der Waals surface area contributed by atoms with Gasteiger partial charge in [-0.2, -0.15) is 0 Å². The number of halogens is 1. The standard InChI is InChI=1S/C5H4BrNO3/c6-4-1-5(10-3-4)2-7(8)9/h1,3H,2H2. The van der Waals surface area contributed by atoms with E-state index in [1.165, 1.54) is 6.26 Å². The molecule has 0 fully saturated rings. The van der Waals surface area contributed by atoms with E-state index >= 15 is 0 Å². The van der Waals surface area contributed by atoms with Crippen LogP contribution in [0.4, 0.5) is 0 Å². The van der Waals surface area contributed by atoms with Crippen molar-refractivity contribution in [3.63, 3.8) is 0 Å². The predicted molar refractivity (Wildman–Crippen MR) is 37.1 cm³/mol. The second-order valence-electron chi connectivity index (χ2n) is 1.72. The molecule has 0 atom stereocenters. The highest BCUT2D eigenvalue weighted by Crippen LogP contribution is 2.14. The maximum absolute atomic E-state index is 9.91. The van der Waals surface area contributed by atoms with Crippen LogP contribution >= 0.6 is 15.9 Å². The van der Waals surface area contributed by atoms with Gasteiger partial charge in [-0.05, 0) is 15.9 Å². The molecule has 0 saturated heterocycles. The monoisotopic (exact) mass is 205 g/mol. The van der Waals surface area contributed by atoms with Crippen molar-refractivity contribution in [1.82, 2.24) is 0 Å². The van der Waals surface area contributed by atoms with Gasteiger partial charge in [0.1, 0.15) is 6.26 Å². The molecule has 0 spiro atoms. The predicted octanol–water partition coefficient (Wildman–Crippen LogP) is 1.82. The fourth-order valence-electron chi connectivity index (χ4n) is 0.564. The Kier molecular flexibility index (Phi) is 2.06. The fraction of sp³-hybridized carbons (Fsp3) is 0.200. The van der Waals surface area contributed by atoms with E-state index in [0.29, 0.717) is 5.76 Å². The zero-order valence-electron chi connectivity index (χ0n) is 4.91. The average Bonchev–Trinajstić information content (AvgIpc) is 2.13. The van der Waals surface area contributed by atoms with Gasteiger partial charge in [-0.1, -0.05) is 0 Å². The van der Waals surface area contributed by atoms with Crippen LogP contribution in [-0.4, -0.2) is 4.92 Å². The molecule has 0 aliphatic rings. The van der Waals surface area contributed by atoms with Crippen LogP contribution in [-0.2, 0) is 6.54 Å². The highest BCUT2D eigenvalue weighted by Gasteiger charge is 2.04. The van der Waals surface area contributed by atoms with Gasteiger partial charge in [-0.15, -0.1) is 0 Å². The lowest BCUT2D eigenvalue weighted by molar-refractivity contribution is -0.499. The molecule has 0 bridgehead atoms. The van der Waals surface area contributed by atoms with Crippen molar-refractivity contribution in [2.45, 2.75) is 6.54 Å². The molecular weight excluding hydrogens is 202 g/mol. The molecule has 1 aromatic rings. The molecule has 10 heavy (non-hydrogen) atoms. The average molecular weight is 206 g/mol. The van der Waals surface area contributed by atoms with Gasteiger partial charge in [0.2, 0.25) is 0 Å². The Balaban J connectivity index is 2.67. The van der Waals surface area contributed by atoms with Crippen LogP contribution in [0.1, 0.15) is 5.76 Å². The van der Waals surface area contributed by atoms with Gasteiger partial charge in [0.05, 0.1) is 4.47 Å². The third kappa shape index (κ3) is 1.84. The van der Waals surface area contributed by atoms with Gasteiger partial charge >= 0.3 is 0 Å². The molecule has 0 saturated carbocycles. The summed E-state index contributed by atoms with van der Waals surface area (Å²) in [5.41, 5.74) is 0. The van der Waals surface area contributed by atoms with Crippen LogP contribution in [0.25, 0.3) is 0 Å². The Morgan fingerprint density at radius 1 is 1.80 bits per heavy atom. The van der Waals surface area contributed by atoms with Crippen LogP contribution < -0.4 is 0 Å². The minimum atomic E-state index is -0.439. The van der Waals surface area contributed by atoms with E-state index in [-0.39, 0.29) is 6.54 Å². The van der Waals surface area contributed by atoms with E-state index in [4.69, 9.17) is 4.42 Å². The quantitative estimate of drug-likeness (QED) is 0.547. The minimum Gasteiger partial charge on any atom is -0.461 e. The summed E-state index contributed by atoms with van der Waals surface area (Å²) in [6, 6.07) is 1.57. The van der Waals surface area contributed by atoms with Crippen molar-refractivity contribution >= 4 is 15.9 Å². The van der Waals surface area contributed by atoms with Crippen molar-refractivity contribution < 1.29 is 9.34 Å². The fourth-order valence-corrected chi connectivity index (χ4v) is 0.913. The summed E-state index contributed by atoms with van der Waals surface area (Å²) in [6.45, 7) is -0.258. The Bertz CT molecular complexity index is 245. The Morgan fingerprint density at radius 3 is 2.90 bits per heavy atom. The zero-order valence-corrected chi connectivity index (χ0v) is 6.50. The van der Waals surface area contributed by atoms with Crippen molar-refractivity contribution in [3.8, 4) is 0 Å². The molecule has 1 rings (SSSR count). The van der Waals surface area contributed by atoms with E-state index in [1.807, 2.05) is 0 Å². The molecule has 0 N–H and O–H groups in total. The maximum Gasteiger partial charge on any atom is 0.260 e. The highest BCUT2D eigenvalue weighted by molar-refractivity contribution is 9.10. The van der Waals surface area contributed by atoms with Crippen molar-refractivity contribution in [3.05, 3.63) is 32.7 Å². The lowest BCUT2D eigenvalue weighted by Gasteiger charge is -1.84. The van der Waals surface area contributed by atoms with E-state index in [9.17, 15) is 10.1 Å². The number of hydrogen-bond acceptors (Lipinski definition) is 3. The highest BCUT2D eigenvalue weighted by atomic mass is 79.9. The van der Waals surface area contributed by atoms with E-state index < -0.39 is 4.92 Å². The number of furan rings is 1. The summed E-state index contributed by atoms with van der Waals surface area (Å²) in [7, 11) is 0. The molecule has 0 amide bonds. The van der Waals surface area contributed by atoms with Crippen LogP contribution in [0.15, 0.2) is 21.2 Å². The van der Waals surface area contributed by atoms with Crippen molar-refractivity contribution in [2.24, 2.45) is 0 Å². The lowest BCUT2D eigenvalue weighted by Crippen LogP contribution is -1.95. The molecule has 0 unspecified atom stereocenters. The first-order valence-electron chi connectivity index (χ1n) is 2.53. The van der Waals surface area contributed by atoms with Crippen LogP contribution in [0, 0.1) is 10.1 Å². The van der Waals surface area contributed by atoms with Crippen molar-refractivity contribution in [2.75, 3.05) is 0 Å². The van der Waals surface area contributed by atoms with Gasteiger partial charge in [-0.25, -0.2) is 0 Å². The number of hydrogen-bond donors (Lipinski definition) is 0. The lowest BCUT2D eigenvalue weighted by atomic mass is 10.5. The second kappa shape index (κ2) is 2.83. The van der Waals surface area contributed by atoms with E-state index in [0.717, 1.165) is 4.47 Å². The molecule has 0 aliphatic heterocycles. The molecule has 0 radical (unpaired) electrons. The Labute approximate surface area is 65.1 Å². The summed E-state index contributed by atoms with van der Waals surface area (Å²) in [5.74, 6) is 0.358. The first kappa shape index (κ1) is 7.27. The number of nitrogens with zero attached hydrogens (tertiary/aromatic N) is 1. The van der Waals surface area contributed by atoms with Gasteiger partial charge in [-0.3, -0.25) is 10.1 Å². The van der Waals surface area contributed by atoms with Gasteiger partial charge in [0, 0.05) is 11.0 Å². The zero-order chi connectivity index (χ0) is 7.56. The smallest absolute Gasteiger partial charge is 0.260 e. The molecule has 1 aromatic heterocycles. The Hall–Kier alpha value is -0.840. The molecule has 54 valence electrons. The molecule has 0 aliphatic carbocycles. The van der Waals surface area contributed by atoms with Gasteiger partial charge < -0.3 is 4.42 Å². The topological polar surface area (TPSA) is 56.3 Å². The second-order valence-corrected chi connectivity index (χ2v) is 2.64. The van der Waals surface area contributed by atoms with Gasteiger partial charge in [0.25, 0.3) is 6.54 Å². The summed E-state index contributed by atoms with van der Waals surface area (Å²) in [5, 5.41) is 9.91. The molecular formula is C5H4BrNO3. The normalized spacial score (nSPS) is 9.70. The summed E-state index contributed by atoms with van der Waals surface area (Å²) < 4.78 is 5.51. The SMILES string of the molecule is O=[N+]([O-])Cc1cc(Br)co1. The van der Waals surface area contributed by atoms with Crippen molar-refractivity contribution in [1.29, 1.82) is 0 Å². The molecule has 0 aromatic carbocycles. The van der Waals surface area contributed by atoms with E-state index in [2.05, 4.69) is 15.9 Å². The third-order valence-corrected chi connectivity index (χ3v) is 1.32. The maximum atomic E-state index is 9.91. The summed E-state index contributed by atoms with van der Waals surface area (Å²) in [4.78, 5) is 9.47. The van der Waals surface area contributed by atoms with Crippen LogP contribution in [0.2, 0.25) is 0 Å². The molecule has 4 nitrogen and oxygen atoms in total. The minimum absolute atomic E-state index is 0.258.